The maximum absolute atomic E-state index is 4.64. The summed E-state index contributed by atoms with van der Waals surface area (Å²) >= 11 is 0. The topological polar surface area (TPSA) is 12.4 Å². The fourth-order valence-electron chi connectivity index (χ4n) is 3.82. The van der Waals surface area contributed by atoms with Crippen LogP contribution in [0.3, 0.4) is 0 Å². The second-order valence-electron chi connectivity index (χ2n) is 8.13. The Morgan fingerprint density at radius 2 is 1.70 bits per heavy atom. The summed E-state index contributed by atoms with van der Waals surface area (Å²) < 4.78 is 0. The van der Waals surface area contributed by atoms with E-state index < -0.39 is 0 Å². The summed E-state index contributed by atoms with van der Waals surface area (Å²) in [5.74, 6) is 0.703. The SMILES string of the molecule is C/C=C\C.C=C/C(=C\C)C1=CN=C(/C(C)=C/Cc2cccc(C(CCC)CCC)c2)C1.CC. The minimum atomic E-state index is 0.703. The van der Waals surface area contributed by atoms with Crippen LogP contribution in [0.15, 0.2) is 89.1 Å². The lowest BCUT2D eigenvalue weighted by Gasteiger charge is -2.16. The summed E-state index contributed by atoms with van der Waals surface area (Å²) in [6.45, 7) is 20.7. The molecule has 0 radical (unpaired) electrons. The van der Waals surface area contributed by atoms with Crippen molar-refractivity contribution in [3.63, 3.8) is 0 Å². The van der Waals surface area contributed by atoms with Crippen molar-refractivity contribution >= 4 is 5.71 Å². The molecule has 1 heteroatoms. The average molecular weight is 448 g/mol. The lowest BCUT2D eigenvalue weighted by atomic mass is 9.89. The summed E-state index contributed by atoms with van der Waals surface area (Å²) in [5, 5.41) is 0. The third-order valence-electron chi connectivity index (χ3n) is 5.77. The first kappa shape index (κ1) is 30.6. The van der Waals surface area contributed by atoms with Crippen LogP contribution in [-0.4, -0.2) is 5.71 Å². The van der Waals surface area contributed by atoms with Crippen molar-refractivity contribution in [2.75, 3.05) is 0 Å². The Morgan fingerprint density at radius 3 is 2.21 bits per heavy atom. The fourth-order valence-corrected chi connectivity index (χ4v) is 3.82. The molecule has 0 N–H and O–H groups in total. The van der Waals surface area contributed by atoms with Gasteiger partial charge in [-0.3, -0.25) is 4.99 Å². The van der Waals surface area contributed by atoms with E-state index in [-0.39, 0.29) is 0 Å². The molecular weight excluding hydrogens is 398 g/mol. The highest BCUT2D eigenvalue weighted by molar-refractivity contribution is 6.03. The van der Waals surface area contributed by atoms with E-state index in [4.69, 9.17) is 0 Å². The van der Waals surface area contributed by atoms with Crippen molar-refractivity contribution in [2.24, 2.45) is 4.99 Å². The third kappa shape index (κ3) is 11.3. The Kier molecular flexibility index (Phi) is 17.7. The fraction of sp³-hybridized carbons (Fsp3) is 0.469. The van der Waals surface area contributed by atoms with Gasteiger partial charge in [0, 0.05) is 18.3 Å². The molecule has 0 saturated carbocycles. The van der Waals surface area contributed by atoms with Crippen molar-refractivity contribution in [3.8, 4) is 0 Å². The lowest BCUT2D eigenvalue weighted by molar-refractivity contribution is 0.560. The monoisotopic (exact) mass is 447 g/mol. The number of aliphatic imine (C=N–C) groups is 1. The molecule has 0 unspecified atom stereocenters. The van der Waals surface area contributed by atoms with Gasteiger partial charge in [-0.1, -0.05) is 102 Å². The molecule has 0 amide bonds. The molecule has 1 heterocycles. The van der Waals surface area contributed by atoms with Crippen LogP contribution in [0.4, 0.5) is 0 Å². The molecule has 182 valence electrons. The predicted octanol–water partition coefficient (Wildman–Crippen LogP) is 10.3. The molecule has 0 saturated heterocycles. The second kappa shape index (κ2) is 19.1. The zero-order chi connectivity index (χ0) is 25.1. The highest BCUT2D eigenvalue weighted by Crippen LogP contribution is 2.28. The van der Waals surface area contributed by atoms with Gasteiger partial charge in [-0.2, -0.15) is 0 Å². The Bertz CT molecular complexity index is 820. The summed E-state index contributed by atoms with van der Waals surface area (Å²) in [4.78, 5) is 4.64. The second-order valence-corrected chi connectivity index (χ2v) is 8.13. The maximum atomic E-state index is 4.64. The number of hydrogen-bond acceptors (Lipinski definition) is 1. The quantitative estimate of drug-likeness (QED) is 0.250. The standard InChI is InChI=1S/C26H35N.C4H8.C2H6/c1-6-11-23(12-7-2)24-14-10-13-21(17-24)16-15-20(5)26-18-25(19-27-26)22(8-3)9-4;1-3-4-2;1-2/h8-10,13-15,17,19,23H,3,6-7,11-12,16,18H2,1-2,4-5H3;3-4H,1-2H3;1-2H3/b20-15+,22-9+;4-3-;. The number of hydrogen-bond donors (Lipinski definition) is 0. The largest absolute Gasteiger partial charge is 0.260 e. The molecule has 33 heavy (non-hydrogen) atoms. The molecule has 1 aromatic carbocycles. The predicted molar refractivity (Wildman–Crippen MR) is 152 cm³/mol. The van der Waals surface area contributed by atoms with E-state index in [0.717, 1.165) is 12.8 Å². The molecule has 0 spiro atoms. The summed E-state index contributed by atoms with van der Waals surface area (Å²) in [5.41, 5.74) is 7.82. The number of nitrogens with zero attached hydrogens (tertiary/aromatic N) is 1. The highest BCUT2D eigenvalue weighted by atomic mass is 14.7. The van der Waals surface area contributed by atoms with Crippen LogP contribution in [0.2, 0.25) is 0 Å². The van der Waals surface area contributed by atoms with E-state index >= 15 is 0 Å². The van der Waals surface area contributed by atoms with Crippen LogP contribution in [0.1, 0.15) is 105 Å². The molecule has 0 bridgehead atoms. The average Bonchev–Trinajstić information content (AvgIpc) is 3.35. The van der Waals surface area contributed by atoms with E-state index in [1.807, 2.05) is 52.1 Å². The van der Waals surface area contributed by atoms with Gasteiger partial charge < -0.3 is 0 Å². The molecule has 2 rings (SSSR count). The van der Waals surface area contributed by atoms with Crippen LogP contribution >= 0.6 is 0 Å². The molecule has 1 aliphatic heterocycles. The minimum absolute atomic E-state index is 0.703. The summed E-state index contributed by atoms with van der Waals surface area (Å²) in [7, 11) is 0. The molecule has 0 atom stereocenters. The van der Waals surface area contributed by atoms with Gasteiger partial charge in [-0.15, -0.1) is 0 Å². The summed E-state index contributed by atoms with van der Waals surface area (Å²) in [6, 6.07) is 9.19. The van der Waals surface area contributed by atoms with Gasteiger partial charge in [0.1, 0.15) is 0 Å². The first-order valence-corrected chi connectivity index (χ1v) is 12.9. The zero-order valence-corrected chi connectivity index (χ0v) is 22.7. The van der Waals surface area contributed by atoms with Crippen LogP contribution in [0.5, 0.6) is 0 Å². The first-order valence-electron chi connectivity index (χ1n) is 12.9. The van der Waals surface area contributed by atoms with Crippen molar-refractivity contribution in [1.29, 1.82) is 0 Å². The van der Waals surface area contributed by atoms with Gasteiger partial charge in [0.05, 0.1) is 0 Å². The van der Waals surface area contributed by atoms with E-state index in [1.54, 1.807) is 0 Å². The molecule has 1 aliphatic rings. The van der Waals surface area contributed by atoms with Gasteiger partial charge in [0.25, 0.3) is 0 Å². The Morgan fingerprint density at radius 1 is 1.06 bits per heavy atom. The molecule has 0 aliphatic carbocycles. The van der Waals surface area contributed by atoms with E-state index in [1.165, 1.54) is 59.2 Å². The normalized spacial score (nSPS) is 13.7. The van der Waals surface area contributed by atoms with Crippen LogP contribution in [-0.2, 0) is 6.42 Å². The van der Waals surface area contributed by atoms with Gasteiger partial charge in [0.2, 0.25) is 0 Å². The van der Waals surface area contributed by atoms with Gasteiger partial charge in [-0.05, 0) is 80.7 Å². The Labute approximate surface area is 205 Å². The van der Waals surface area contributed by atoms with Crippen molar-refractivity contribution < 1.29 is 0 Å². The molecule has 0 fully saturated rings. The minimum Gasteiger partial charge on any atom is -0.260 e. The smallest absolute Gasteiger partial charge is 0.0474 e. The van der Waals surface area contributed by atoms with Crippen LogP contribution in [0, 0.1) is 0 Å². The van der Waals surface area contributed by atoms with Crippen molar-refractivity contribution in [1.82, 2.24) is 0 Å². The van der Waals surface area contributed by atoms with E-state index in [9.17, 15) is 0 Å². The molecule has 1 nitrogen and oxygen atoms in total. The molecular formula is C32H49N. The molecule has 0 aromatic heterocycles. The first-order chi connectivity index (χ1) is 16.0. The van der Waals surface area contributed by atoms with Crippen molar-refractivity contribution in [3.05, 3.63) is 95.3 Å². The van der Waals surface area contributed by atoms with Gasteiger partial charge in [-0.25, -0.2) is 0 Å². The highest BCUT2D eigenvalue weighted by Gasteiger charge is 2.14. The Hall–Kier alpha value is -2.41. The lowest BCUT2D eigenvalue weighted by Crippen LogP contribution is -2.01. The van der Waals surface area contributed by atoms with Crippen LogP contribution < -0.4 is 0 Å². The van der Waals surface area contributed by atoms with Crippen molar-refractivity contribution in [2.45, 2.75) is 99.8 Å². The third-order valence-corrected chi connectivity index (χ3v) is 5.77. The summed E-state index contributed by atoms with van der Waals surface area (Å²) in [6.07, 6.45) is 19.3. The Balaban J connectivity index is 0.00000154. The molecule has 1 aromatic rings. The number of benzene rings is 1. The van der Waals surface area contributed by atoms with E-state index in [2.05, 4.69) is 75.7 Å². The number of rotatable bonds is 10. The van der Waals surface area contributed by atoms with Gasteiger partial charge >= 0.3 is 0 Å². The maximum Gasteiger partial charge on any atom is 0.0474 e. The number of allylic oxidation sites excluding steroid dienone is 8. The van der Waals surface area contributed by atoms with Crippen LogP contribution in [0.25, 0.3) is 0 Å². The van der Waals surface area contributed by atoms with E-state index in [0.29, 0.717) is 5.92 Å². The zero-order valence-electron chi connectivity index (χ0n) is 22.7. The van der Waals surface area contributed by atoms with Gasteiger partial charge in [0.15, 0.2) is 0 Å².